The van der Waals surface area contributed by atoms with Gasteiger partial charge in [-0.2, -0.15) is 4.73 Å². The molecule has 2 aromatic heterocycles. The minimum atomic E-state index is 0.578. The molecule has 68 valence electrons. The van der Waals surface area contributed by atoms with E-state index in [0.29, 0.717) is 17.3 Å². The number of rotatable bonds is 2. The molecular formula is C8H8ClN3O. The van der Waals surface area contributed by atoms with Crippen molar-refractivity contribution >= 4 is 22.8 Å². The lowest BCUT2D eigenvalue weighted by atomic mass is 10.4. The second-order valence-electron chi connectivity index (χ2n) is 2.48. The Kier molecular flexibility index (Phi) is 2.06. The highest BCUT2D eigenvalue weighted by molar-refractivity contribution is 6.31. The molecule has 0 N–H and O–H groups in total. The van der Waals surface area contributed by atoms with E-state index in [1.807, 2.05) is 6.92 Å². The zero-order valence-corrected chi connectivity index (χ0v) is 7.82. The van der Waals surface area contributed by atoms with Crippen LogP contribution in [0.4, 0.5) is 0 Å². The highest BCUT2D eigenvalue weighted by Gasteiger charge is 2.03. The molecule has 0 bridgehead atoms. The summed E-state index contributed by atoms with van der Waals surface area (Å²) in [4.78, 5) is 13.4. The fourth-order valence-corrected chi connectivity index (χ4v) is 1.25. The normalized spacial score (nSPS) is 10.6. The lowest BCUT2D eigenvalue weighted by Crippen LogP contribution is -2.08. The number of aromatic nitrogens is 3. The van der Waals surface area contributed by atoms with Crippen LogP contribution in [0.1, 0.15) is 6.92 Å². The SMILES string of the molecule is CCOn1cnc2ncc(Cl)cc21. The molecule has 0 atom stereocenters. The third-order valence-corrected chi connectivity index (χ3v) is 1.81. The highest BCUT2D eigenvalue weighted by Crippen LogP contribution is 2.14. The first-order chi connectivity index (χ1) is 6.31. The first-order valence-corrected chi connectivity index (χ1v) is 4.31. The van der Waals surface area contributed by atoms with Gasteiger partial charge in [0.15, 0.2) is 5.65 Å². The molecule has 0 amide bonds. The lowest BCUT2D eigenvalue weighted by Gasteiger charge is -2.02. The molecule has 0 aliphatic carbocycles. The Morgan fingerprint density at radius 2 is 2.38 bits per heavy atom. The summed E-state index contributed by atoms with van der Waals surface area (Å²) in [6.07, 6.45) is 3.14. The van der Waals surface area contributed by atoms with E-state index in [1.54, 1.807) is 23.3 Å². The molecule has 13 heavy (non-hydrogen) atoms. The van der Waals surface area contributed by atoms with E-state index < -0.39 is 0 Å². The van der Waals surface area contributed by atoms with Crippen molar-refractivity contribution in [3.05, 3.63) is 23.6 Å². The lowest BCUT2D eigenvalue weighted by molar-refractivity contribution is 0.131. The minimum absolute atomic E-state index is 0.578. The van der Waals surface area contributed by atoms with Crippen molar-refractivity contribution in [1.29, 1.82) is 0 Å². The van der Waals surface area contributed by atoms with Crippen LogP contribution in [0.5, 0.6) is 0 Å². The van der Waals surface area contributed by atoms with E-state index in [4.69, 9.17) is 16.4 Å². The second kappa shape index (κ2) is 3.22. The third-order valence-electron chi connectivity index (χ3n) is 1.60. The molecule has 0 unspecified atom stereocenters. The number of pyridine rings is 1. The summed E-state index contributed by atoms with van der Waals surface area (Å²) in [5.74, 6) is 0. The Morgan fingerprint density at radius 1 is 1.54 bits per heavy atom. The quantitative estimate of drug-likeness (QED) is 0.733. The molecule has 0 spiro atoms. The van der Waals surface area contributed by atoms with Gasteiger partial charge < -0.3 is 4.84 Å². The van der Waals surface area contributed by atoms with E-state index in [-0.39, 0.29) is 0 Å². The summed E-state index contributed by atoms with van der Waals surface area (Å²) < 4.78 is 1.56. The second-order valence-corrected chi connectivity index (χ2v) is 2.92. The first kappa shape index (κ1) is 8.31. The van der Waals surface area contributed by atoms with Gasteiger partial charge >= 0.3 is 0 Å². The molecule has 0 aliphatic rings. The summed E-state index contributed by atoms with van der Waals surface area (Å²) in [5, 5.41) is 0.578. The van der Waals surface area contributed by atoms with Crippen molar-refractivity contribution < 1.29 is 4.84 Å². The molecule has 0 fully saturated rings. The van der Waals surface area contributed by atoms with Crippen LogP contribution < -0.4 is 4.84 Å². The van der Waals surface area contributed by atoms with Gasteiger partial charge in [0.25, 0.3) is 0 Å². The highest BCUT2D eigenvalue weighted by atomic mass is 35.5. The van der Waals surface area contributed by atoms with E-state index in [1.165, 1.54) is 0 Å². The van der Waals surface area contributed by atoms with Crippen LogP contribution in [0.15, 0.2) is 18.6 Å². The standard InChI is InChI=1S/C8H8ClN3O/c1-2-13-12-5-11-8-7(12)3-6(9)4-10-8/h3-5H,2H2,1H3. The Bertz CT molecular complexity index is 426. The van der Waals surface area contributed by atoms with E-state index in [0.717, 1.165) is 5.52 Å². The molecular weight excluding hydrogens is 190 g/mol. The van der Waals surface area contributed by atoms with Crippen molar-refractivity contribution in [1.82, 2.24) is 14.7 Å². The number of fused-ring (bicyclic) bond motifs is 1. The smallest absolute Gasteiger partial charge is 0.181 e. The summed E-state index contributed by atoms with van der Waals surface area (Å²) in [6, 6.07) is 1.77. The Hall–Kier alpha value is -1.29. The fraction of sp³-hybridized carbons (Fsp3) is 0.250. The van der Waals surface area contributed by atoms with Gasteiger partial charge in [-0.3, -0.25) is 0 Å². The number of hydrogen-bond acceptors (Lipinski definition) is 3. The van der Waals surface area contributed by atoms with Crippen LogP contribution in [0.25, 0.3) is 11.2 Å². The van der Waals surface area contributed by atoms with Crippen LogP contribution in [-0.4, -0.2) is 21.3 Å². The van der Waals surface area contributed by atoms with Crippen molar-refractivity contribution in [3.8, 4) is 0 Å². The van der Waals surface area contributed by atoms with Crippen molar-refractivity contribution in [2.75, 3.05) is 6.61 Å². The zero-order valence-electron chi connectivity index (χ0n) is 7.07. The van der Waals surface area contributed by atoms with Gasteiger partial charge in [0.1, 0.15) is 18.5 Å². The van der Waals surface area contributed by atoms with Gasteiger partial charge in [-0.25, -0.2) is 9.97 Å². The van der Waals surface area contributed by atoms with E-state index in [2.05, 4.69) is 9.97 Å². The predicted molar refractivity (Wildman–Crippen MR) is 49.7 cm³/mol. The Balaban J connectivity index is 2.58. The number of imidazole rings is 1. The summed E-state index contributed by atoms with van der Waals surface area (Å²) in [7, 11) is 0. The fourth-order valence-electron chi connectivity index (χ4n) is 1.09. The molecule has 5 heteroatoms. The van der Waals surface area contributed by atoms with Crippen LogP contribution in [-0.2, 0) is 0 Å². The Morgan fingerprint density at radius 3 is 3.15 bits per heavy atom. The van der Waals surface area contributed by atoms with Crippen molar-refractivity contribution in [3.63, 3.8) is 0 Å². The van der Waals surface area contributed by atoms with Crippen molar-refractivity contribution in [2.45, 2.75) is 6.92 Å². The molecule has 2 heterocycles. The predicted octanol–water partition coefficient (Wildman–Crippen LogP) is 1.53. The summed E-state index contributed by atoms with van der Waals surface area (Å²) in [6.45, 7) is 2.49. The van der Waals surface area contributed by atoms with E-state index >= 15 is 0 Å². The van der Waals surface area contributed by atoms with Gasteiger partial charge in [-0.15, -0.1) is 0 Å². The molecule has 0 saturated heterocycles. The maximum atomic E-state index is 5.79. The van der Waals surface area contributed by atoms with Gasteiger partial charge in [-0.1, -0.05) is 11.6 Å². The molecule has 2 aromatic rings. The maximum absolute atomic E-state index is 5.79. The van der Waals surface area contributed by atoms with E-state index in [9.17, 15) is 0 Å². The minimum Gasteiger partial charge on any atom is -0.413 e. The average Bonchev–Trinajstić information content (AvgIpc) is 2.49. The van der Waals surface area contributed by atoms with Gasteiger partial charge in [-0.05, 0) is 13.0 Å². The topological polar surface area (TPSA) is 39.9 Å². The molecule has 2 rings (SSSR count). The summed E-state index contributed by atoms with van der Waals surface area (Å²) >= 11 is 5.79. The molecule has 0 saturated carbocycles. The monoisotopic (exact) mass is 197 g/mol. The maximum Gasteiger partial charge on any atom is 0.181 e. The van der Waals surface area contributed by atoms with Crippen LogP contribution in [0.3, 0.4) is 0 Å². The largest absolute Gasteiger partial charge is 0.413 e. The molecule has 0 aromatic carbocycles. The Labute approximate surface area is 80.1 Å². The average molecular weight is 198 g/mol. The number of nitrogens with zero attached hydrogens (tertiary/aromatic N) is 3. The third kappa shape index (κ3) is 1.45. The van der Waals surface area contributed by atoms with Gasteiger partial charge in [0.2, 0.25) is 0 Å². The number of hydrogen-bond donors (Lipinski definition) is 0. The summed E-state index contributed by atoms with van der Waals surface area (Å²) in [5.41, 5.74) is 1.42. The number of halogens is 1. The zero-order chi connectivity index (χ0) is 9.26. The molecule has 4 nitrogen and oxygen atoms in total. The molecule has 0 aliphatic heterocycles. The van der Waals surface area contributed by atoms with Crippen molar-refractivity contribution in [2.24, 2.45) is 0 Å². The van der Waals surface area contributed by atoms with Crippen LogP contribution in [0, 0.1) is 0 Å². The molecule has 0 radical (unpaired) electrons. The van der Waals surface area contributed by atoms with Gasteiger partial charge in [0.05, 0.1) is 5.02 Å². The van der Waals surface area contributed by atoms with Crippen LogP contribution >= 0.6 is 11.6 Å². The van der Waals surface area contributed by atoms with Crippen LogP contribution in [0.2, 0.25) is 5.02 Å². The first-order valence-electron chi connectivity index (χ1n) is 3.93. The van der Waals surface area contributed by atoms with Gasteiger partial charge in [0, 0.05) is 6.20 Å².